The molecule has 0 bridgehead atoms. The molecule has 1 aromatic rings. The van der Waals surface area contributed by atoms with Crippen LogP contribution in [-0.4, -0.2) is 11.8 Å². The van der Waals surface area contributed by atoms with Crippen molar-refractivity contribution in [1.82, 2.24) is 5.43 Å². The van der Waals surface area contributed by atoms with Crippen LogP contribution in [-0.2, 0) is 0 Å². The van der Waals surface area contributed by atoms with Crippen LogP contribution in [0.5, 0.6) is 0 Å². The van der Waals surface area contributed by atoms with E-state index in [0.717, 1.165) is 5.75 Å². The van der Waals surface area contributed by atoms with Crippen molar-refractivity contribution in [2.45, 2.75) is 16.9 Å². The normalized spacial score (nSPS) is 21.6. The Hall–Kier alpha value is -0.770. The van der Waals surface area contributed by atoms with E-state index in [4.69, 9.17) is 5.84 Å². The van der Waals surface area contributed by atoms with Crippen LogP contribution in [0, 0.1) is 0 Å². The Balaban J connectivity index is 2.29. The average molecular weight is 206 g/mol. The third kappa shape index (κ3) is 1.59. The Morgan fingerprint density at radius 3 is 3.07 bits per heavy atom. The van der Waals surface area contributed by atoms with Crippen molar-refractivity contribution in [2.24, 2.45) is 5.84 Å². The SMILES string of the molecule is C=CC(NN)C1CSc2ccccc21. The summed E-state index contributed by atoms with van der Waals surface area (Å²) in [7, 11) is 0. The number of fused-ring (bicyclic) bond motifs is 1. The highest BCUT2D eigenvalue weighted by Crippen LogP contribution is 2.40. The van der Waals surface area contributed by atoms with E-state index in [1.807, 2.05) is 17.8 Å². The first-order valence-corrected chi connectivity index (χ1v) is 5.65. The van der Waals surface area contributed by atoms with Crippen molar-refractivity contribution in [2.75, 3.05) is 5.75 Å². The summed E-state index contributed by atoms with van der Waals surface area (Å²) in [5.41, 5.74) is 4.19. The molecule has 0 aliphatic carbocycles. The van der Waals surface area contributed by atoms with Gasteiger partial charge in [0.2, 0.25) is 0 Å². The van der Waals surface area contributed by atoms with Gasteiger partial charge in [-0.3, -0.25) is 11.3 Å². The lowest BCUT2D eigenvalue weighted by atomic mass is 9.94. The minimum Gasteiger partial charge on any atom is -0.271 e. The van der Waals surface area contributed by atoms with Crippen LogP contribution in [0.3, 0.4) is 0 Å². The Labute approximate surface area is 88.5 Å². The van der Waals surface area contributed by atoms with Crippen molar-refractivity contribution in [3.8, 4) is 0 Å². The van der Waals surface area contributed by atoms with Gasteiger partial charge in [0.05, 0.1) is 0 Å². The quantitative estimate of drug-likeness (QED) is 0.450. The number of nitrogens with two attached hydrogens (primary N) is 1. The number of benzene rings is 1. The molecule has 1 aliphatic heterocycles. The van der Waals surface area contributed by atoms with Crippen molar-refractivity contribution in [1.29, 1.82) is 0 Å². The number of hydrogen-bond acceptors (Lipinski definition) is 3. The maximum absolute atomic E-state index is 5.49. The minimum absolute atomic E-state index is 0.172. The van der Waals surface area contributed by atoms with Crippen LogP contribution in [0.15, 0.2) is 41.8 Å². The third-order valence-corrected chi connectivity index (χ3v) is 3.83. The summed E-state index contributed by atoms with van der Waals surface area (Å²) in [6.45, 7) is 3.80. The number of thioether (sulfide) groups is 1. The fourth-order valence-corrected chi connectivity index (χ4v) is 3.14. The van der Waals surface area contributed by atoms with E-state index in [0.29, 0.717) is 5.92 Å². The molecular formula is C11H14N2S. The molecule has 3 N–H and O–H groups in total. The van der Waals surface area contributed by atoms with Crippen molar-refractivity contribution < 1.29 is 0 Å². The number of rotatable bonds is 3. The molecule has 0 saturated heterocycles. The van der Waals surface area contributed by atoms with Crippen LogP contribution >= 0.6 is 11.8 Å². The van der Waals surface area contributed by atoms with Crippen molar-refractivity contribution >= 4 is 11.8 Å². The first-order chi connectivity index (χ1) is 6.86. The van der Waals surface area contributed by atoms with Gasteiger partial charge in [-0.2, -0.15) is 0 Å². The molecule has 0 radical (unpaired) electrons. The maximum atomic E-state index is 5.49. The zero-order valence-corrected chi connectivity index (χ0v) is 8.76. The second-order valence-corrected chi connectivity index (χ2v) is 4.45. The molecule has 2 unspecified atom stereocenters. The van der Waals surface area contributed by atoms with Gasteiger partial charge in [0.1, 0.15) is 0 Å². The maximum Gasteiger partial charge on any atom is 0.0465 e. The van der Waals surface area contributed by atoms with Gasteiger partial charge >= 0.3 is 0 Å². The minimum atomic E-state index is 0.172. The molecule has 2 rings (SSSR count). The first-order valence-electron chi connectivity index (χ1n) is 4.67. The fourth-order valence-electron chi connectivity index (χ4n) is 1.83. The van der Waals surface area contributed by atoms with Gasteiger partial charge < -0.3 is 0 Å². The first kappa shape index (κ1) is 9.77. The molecule has 74 valence electrons. The second kappa shape index (κ2) is 4.17. The van der Waals surface area contributed by atoms with Gasteiger partial charge in [0.15, 0.2) is 0 Å². The largest absolute Gasteiger partial charge is 0.271 e. The van der Waals surface area contributed by atoms with E-state index >= 15 is 0 Å². The standard InChI is InChI=1S/C11H14N2S/c1-2-10(13-12)9-7-14-11-6-4-3-5-8(9)11/h2-6,9-10,13H,1,7,12H2. The van der Waals surface area contributed by atoms with Gasteiger partial charge in [-0.15, -0.1) is 18.3 Å². The van der Waals surface area contributed by atoms with Crippen LogP contribution < -0.4 is 11.3 Å². The summed E-state index contributed by atoms with van der Waals surface area (Å²) in [5, 5.41) is 0. The van der Waals surface area contributed by atoms with Crippen molar-refractivity contribution in [3.63, 3.8) is 0 Å². The van der Waals surface area contributed by atoms with Gasteiger partial charge in [0.25, 0.3) is 0 Å². The molecule has 1 aliphatic rings. The molecule has 0 aromatic heterocycles. The molecule has 0 fully saturated rings. The summed E-state index contributed by atoms with van der Waals surface area (Å²) in [6, 6.07) is 8.66. The molecule has 2 nitrogen and oxygen atoms in total. The molecule has 1 aromatic carbocycles. The second-order valence-electron chi connectivity index (χ2n) is 3.38. The lowest BCUT2D eigenvalue weighted by Gasteiger charge is -2.19. The lowest BCUT2D eigenvalue weighted by Crippen LogP contribution is -2.38. The monoisotopic (exact) mass is 206 g/mol. The molecule has 1 heterocycles. The number of nitrogens with one attached hydrogen (secondary N) is 1. The molecular weight excluding hydrogens is 192 g/mol. The average Bonchev–Trinajstić information content (AvgIpc) is 2.65. The zero-order chi connectivity index (χ0) is 9.97. The van der Waals surface area contributed by atoms with Gasteiger partial charge in [-0.1, -0.05) is 24.3 Å². The van der Waals surface area contributed by atoms with E-state index in [-0.39, 0.29) is 6.04 Å². The predicted octanol–water partition coefficient (Wildman–Crippen LogP) is 1.89. The fraction of sp³-hybridized carbons (Fsp3) is 0.273. The zero-order valence-electron chi connectivity index (χ0n) is 7.94. The van der Waals surface area contributed by atoms with Gasteiger partial charge in [-0.25, -0.2) is 0 Å². The van der Waals surface area contributed by atoms with Gasteiger partial charge in [-0.05, 0) is 11.6 Å². The van der Waals surface area contributed by atoms with Crippen LogP contribution in [0.25, 0.3) is 0 Å². The Morgan fingerprint density at radius 2 is 2.36 bits per heavy atom. The molecule has 14 heavy (non-hydrogen) atoms. The lowest BCUT2D eigenvalue weighted by molar-refractivity contribution is 0.546. The molecule has 0 amide bonds. The molecule has 3 heteroatoms. The summed E-state index contributed by atoms with van der Waals surface area (Å²) < 4.78 is 0. The van der Waals surface area contributed by atoms with E-state index < -0.39 is 0 Å². The van der Waals surface area contributed by atoms with E-state index in [2.05, 4.69) is 36.3 Å². The number of hydrazine groups is 1. The summed E-state index contributed by atoms with van der Waals surface area (Å²) in [5.74, 6) is 7.03. The van der Waals surface area contributed by atoms with Crippen molar-refractivity contribution in [3.05, 3.63) is 42.5 Å². The molecule has 0 spiro atoms. The van der Waals surface area contributed by atoms with Crippen LogP contribution in [0.1, 0.15) is 11.5 Å². The molecule has 0 saturated carbocycles. The van der Waals surface area contributed by atoms with E-state index in [1.54, 1.807) is 0 Å². The van der Waals surface area contributed by atoms with Crippen LogP contribution in [0.2, 0.25) is 0 Å². The molecule has 2 atom stereocenters. The van der Waals surface area contributed by atoms with Gasteiger partial charge in [0, 0.05) is 22.6 Å². The Kier molecular flexibility index (Phi) is 2.91. The highest BCUT2D eigenvalue weighted by Gasteiger charge is 2.27. The smallest absolute Gasteiger partial charge is 0.0465 e. The van der Waals surface area contributed by atoms with E-state index in [1.165, 1.54) is 10.5 Å². The highest BCUT2D eigenvalue weighted by molar-refractivity contribution is 7.99. The van der Waals surface area contributed by atoms with E-state index in [9.17, 15) is 0 Å². The summed E-state index contributed by atoms with van der Waals surface area (Å²) >= 11 is 1.89. The Bertz CT molecular complexity index is 338. The third-order valence-electron chi connectivity index (χ3n) is 2.62. The Morgan fingerprint density at radius 1 is 1.57 bits per heavy atom. The highest BCUT2D eigenvalue weighted by atomic mass is 32.2. The summed E-state index contributed by atoms with van der Waals surface area (Å²) in [6.07, 6.45) is 1.88. The number of hydrogen-bond donors (Lipinski definition) is 2. The predicted molar refractivity (Wildman–Crippen MR) is 61.2 cm³/mol. The summed E-state index contributed by atoms with van der Waals surface area (Å²) in [4.78, 5) is 1.37. The van der Waals surface area contributed by atoms with Crippen LogP contribution in [0.4, 0.5) is 0 Å². The topological polar surface area (TPSA) is 38.0 Å².